The predicted octanol–water partition coefficient (Wildman–Crippen LogP) is 7.75. The third-order valence-corrected chi connectivity index (χ3v) is 21.4. The van der Waals surface area contributed by atoms with Gasteiger partial charge in [-0.05, 0) is 0 Å². The van der Waals surface area contributed by atoms with E-state index in [1.54, 1.807) is 43.2 Å². The Hall–Kier alpha value is 0.778. The van der Waals surface area contributed by atoms with E-state index in [0.717, 1.165) is 0 Å². The van der Waals surface area contributed by atoms with Crippen molar-refractivity contribution in [2.24, 2.45) is 0 Å². The molecule has 2 heteroatoms. The smallest absolute Gasteiger partial charge is 0.870 e. The molecule has 0 aliphatic rings. The minimum Gasteiger partial charge on any atom is -0.870 e. The van der Waals surface area contributed by atoms with Crippen molar-refractivity contribution < 1.29 is 5.48 Å². The molecule has 1 N–H and O–H groups in total. The standard InChI is InChI=1S/4C5H11.H2O.Sb.H/c4*1-3-5-4-2;;;/h4*1,3-5H2,2H3;1H2;;/p-1. The van der Waals surface area contributed by atoms with Crippen LogP contribution in [0.25, 0.3) is 0 Å². The second-order valence-corrected chi connectivity index (χ2v) is 21.6. The van der Waals surface area contributed by atoms with E-state index in [1.807, 2.05) is 0 Å². The van der Waals surface area contributed by atoms with Crippen LogP contribution in [0.2, 0.25) is 17.5 Å². The molecule has 0 heterocycles. The topological polar surface area (TPSA) is 30.0 Å². The molecule has 0 aromatic heterocycles. The van der Waals surface area contributed by atoms with E-state index in [-0.39, 0.29) is 5.48 Å². The van der Waals surface area contributed by atoms with Gasteiger partial charge in [-0.3, -0.25) is 0 Å². The van der Waals surface area contributed by atoms with E-state index in [9.17, 15) is 0 Å². The average molecular weight is 424 g/mol. The van der Waals surface area contributed by atoms with Gasteiger partial charge >= 0.3 is 141 Å². The summed E-state index contributed by atoms with van der Waals surface area (Å²) in [6.07, 6.45) is 17.9. The van der Waals surface area contributed by atoms with Gasteiger partial charge < -0.3 is 5.48 Å². The van der Waals surface area contributed by atoms with Crippen LogP contribution in [0.15, 0.2) is 0 Å². The van der Waals surface area contributed by atoms with Gasteiger partial charge in [0.15, 0.2) is 0 Å². The Morgan fingerprint density at radius 1 is 0.409 bits per heavy atom. The van der Waals surface area contributed by atoms with Crippen LogP contribution in [0.5, 0.6) is 0 Å². The molecule has 138 valence electrons. The molecule has 0 amide bonds. The van der Waals surface area contributed by atoms with Crippen LogP contribution < -0.4 is 0 Å². The molecule has 0 aromatic carbocycles. The van der Waals surface area contributed by atoms with Crippen molar-refractivity contribution in [2.75, 3.05) is 0 Å². The van der Waals surface area contributed by atoms with Crippen molar-refractivity contribution in [3.8, 4) is 0 Å². The molecule has 0 fully saturated rings. The molecule has 0 rings (SSSR count). The maximum absolute atomic E-state index is 2.36. The second-order valence-electron chi connectivity index (χ2n) is 7.33. The minimum absolute atomic E-state index is 0. The van der Waals surface area contributed by atoms with Gasteiger partial charge in [0, 0.05) is 0 Å². The normalized spacial score (nSPS) is 12.2. The van der Waals surface area contributed by atoms with Crippen molar-refractivity contribution in [1.29, 1.82) is 0 Å². The first-order chi connectivity index (χ1) is 10.2. The summed E-state index contributed by atoms with van der Waals surface area (Å²) in [4.78, 5) is 0. The van der Waals surface area contributed by atoms with Crippen LogP contribution in [0.3, 0.4) is 0 Å². The molecule has 0 saturated carbocycles. The van der Waals surface area contributed by atoms with E-state index < -0.39 is 18.8 Å². The summed E-state index contributed by atoms with van der Waals surface area (Å²) in [5, 5.41) is 0. The summed E-state index contributed by atoms with van der Waals surface area (Å²) < 4.78 is 6.89. The fraction of sp³-hybridized carbons (Fsp3) is 1.00. The van der Waals surface area contributed by atoms with Crippen LogP contribution in [0, 0.1) is 0 Å². The zero-order chi connectivity index (χ0) is 15.8. The Kier molecular flexibility index (Phi) is 20.6. The van der Waals surface area contributed by atoms with Crippen molar-refractivity contribution in [3.63, 3.8) is 0 Å². The van der Waals surface area contributed by atoms with Crippen LogP contribution in [-0.4, -0.2) is 24.3 Å². The van der Waals surface area contributed by atoms with Gasteiger partial charge in [0.25, 0.3) is 0 Å². The molecule has 0 aromatic rings. The monoisotopic (exact) mass is 423 g/mol. The first-order valence-electron chi connectivity index (χ1n) is 10.2. The molecule has 0 radical (unpaired) electrons. The van der Waals surface area contributed by atoms with E-state index in [0.29, 0.717) is 0 Å². The zero-order valence-corrected chi connectivity index (χ0v) is 19.1. The van der Waals surface area contributed by atoms with Crippen molar-refractivity contribution >= 4 is 18.8 Å². The summed E-state index contributed by atoms with van der Waals surface area (Å²) in [5.74, 6) is 0. The largest absolute Gasteiger partial charge is 0.870 e. The fourth-order valence-electron chi connectivity index (χ4n) is 3.75. The third-order valence-electron chi connectivity index (χ3n) is 5.24. The van der Waals surface area contributed by atoms with Crippen molar-refractivity contribution in [2.45, 2.75) is 122 Å². The molecule has 22 heavy (non-hydrogen) atoms. The minimum atomic E-state index is -1.79. The van der Waals surface area contributed by atoms with Gasteiger partial charge in [-0.2, -0.15) is 0 Å². The molecule has 0 bridgehead atoms. The third kappa shape index (κ3) is 13.2. The van der Waals surface area contributed by atoms with Gasteiger partial charge in [0.1, 0.15) is 0 Å². The van der Waals surface area contributed by atoms with E-state index in [4.69, 9.17) is 0 Å². The maximum atomic E-state index is 2.36. The molecule has 0 saturated heterocycles. The zero-order valence-electron chi connectivity index (χ0n) is 16.3. The van der Waals surface area contributed by atoms with E-state index >= 15 is 0 Å². The first-order valence-corrected chi connectivity index (χ1v) is 18.3. The van der Waals surface area contributed by atoms with Crippen LogP contribution >= 0.6 is 0 Å². The quantitative estimate of drug-likeness (QED) is 0.184. The second kappa shape index (κ2) is 18.1. The maximum Gasteiger partial charge on any atom is -0.870 e. The Labute approximate surface area is 146 Å². The summed E-state index contributed by atoms with van der Waals surface area (Å²) >= 11 is -1.79. The molecule has 0 atom stereocenters. The number of unbranched alkanes of at least 4 members (excludes halogenated alkanes) is 8. The molecule has 0 spiro atoms. The first kappa shape index (κ1) is 25.0. The van der Waals surface area contributed by atoms with Gasteiger partial charge in [-0.1, -0.05) is 0 Å². The van der Waals surface area contributed by atoms with Crippen LogP contribution in [-0.2, 0) is 0 Å². The summed E-state index contributed by atoms with van der Waals surface area (Å²) in [6.45, 7) is 9.45. The Morgan fingerprint density at radius 3 is 0.818 bits per heavy atom. The van der Waals surface area contributed by atoms with Gasteiger partial charge in [0.2, 0.25) is 0 Å². The van der Waals surface area contributed by atoms with Gasteiger partial charge in [0.05, 0.1) is 0 Å². The van der Waals surface area contributed by atoms with Crippen LogP contribution in [0.1, 0.15) is 105 Å². The van der Waals surface area contributed by atoms with E-state index in [1.165, 1.54) is 51.4 Å². The van der Waals surface area contributed by atoms with Crippen molar-refractivity contribution in [1.82, 2.24) is 0 Å². The molecule has 1 nitrogen and oxygen atoms in total. The molecular formula is C20H46OSb-. The fourth-order valence-corrected chi connectivity index (χ4v) is 19.4. The molecular weight excluding hydrogens is 378 g/mol. The molecule has 0 aliphatic heterocycles. The average Bonchev–Trinajstić information content (AvgIpc) is 2.48. The summed E-state index contributed by atoms with van der Waals surface area (Å²) in [5.41, 5.74) is 0. The van der Waals surface area contributed by atoms with Gasteiger partial charge in [-0.25, -0.2) is 0 Å². The number of rotatable bonds is 16. The van der Waals surface area contributed by atoms with Gasteiger partial charge in [-0.15, -0.1) is 0 Å². The Bertz CT molecular complexity index is 160. The number of hydrogen-bond donors (Lipinski definition) is 0. The Morgan fingerprint density at radius 2 is 0.636 bits per heavy atom. The predicted molar refractivity (Wildman–Crippen MR) is 106 cm³/mol. The van der Waals surface area contributed by atoms with Crippen molar-refractivity contribution in [3.05, 3.63) is 0 Å². The summed E-state index contributed by atoms with van der Waals surface area (Å²) in [7, 11) is 0. The van der Waals surface area contributed by atoms with E-state index in [2.05, 4.69) is 27.7 Å². The van der Waals surface area contributed by atoms with Crippen LogP contribution in [0.4, 0.5) is 0 Å². The molecule has 0 unspecified atom stereocenters. The Balaban J connectivity index is 0. The molecule has 0 aliphatic carbocycles. The summed E-state index contributed by atoms with van der Waals surface area (Å²) in [6, 6.07) is 0. The number of hydrogen-bond acceptors (Lipinski definition) is 1. The SMILES string of the molecule is CCCC[CH2][SbH]([CH2]CCCC)([CH2]CCCC)[CH2]CCCC.[OH-].